The molecule has 0 unspecified atom stereocenters. The summed E-state index contributed by atoms with van der Waals surface area (Å²) in [6.45, 7) is 1.19. The summed E-state index contributed by atoms with van der Waals surface area (Å²) in [6.07, 6.45) is 2.71. The normalized spacial score (nSPS) is 10.4. The molecule has 0 aliphatic rings. The number of hydrogen-bond acceptors (Lipinski definition) is 4. The second-order valence-electron chi connectivity index (χ2n) is 8.48. The molecule has 0 bridgehead atoms. The minimum atomic E-state index is -0.290. The van der Waals surface area contributed by atoms with Crippen LogP contribution < -0.4 is 20.1 Å². The third-order valence-corrected chi connectivity index (χ3v) is 5.86. The first-order valence-corrected chi connectivity index (χ1v) is 12.7. The smallest absolute Gasteiger partial charge is 0.257 e. The monoisotopic (exact) mass is 510 g/mol. The van der Waals surface area contributed by atoms with Crippen LogP contribution in [0, 0.1) is 0 Å². The molecule has 37 heavy (non-hydrogen) atoms. The number of thiocarbonyl (C=S) groups is 1. The fraction of sp³-hybridized carbons (Fsp3) is 0.161. The zero-order valence-electron chi connectivity index (χ0n) is 20.6. The number of amides is 1. The van der Waals surface area contributed by atoms with Crippen LogP contribution in [-0.4, -0.2) is 24.2 Å². The van der Waals surface area contributed by atoms with Gasteiger partial charge >= 0.3 is 0 Å². The number of aryl methyl sites for hydroxylation is 1. The van der Waals surface area contributed by atoms with Gasteiger partial charge in [0.25, 0.3) is 5.91 Å². The highest BCUT2D eigenvalue weighted by molar-refractivity contribution is 7.80. The van der Waals surface area contributed by atoms with Crippen molar-refractivity contribution < 1.29 is 14.3 Å². The number of carbonyl (C=O) groups is 1. The molecule has 4 aromatic carbocycles. The minimum absolute atomic E-state index is 0.217. The van der Waals surface area contributed by atoms with Gasteiger partial charge in [-0.3, -0.25) is 10.1 Å². The summed E-state index contributed by atoms with van der Waals surface area (Å²) in [7, 11) is 0. The van der Waals surface area contributed by atoms with E-state index >= 15 is 0 Å². The van der Waals surface area contributed by atoms with Gasteiger partial charge in [0.05, 0.1) is 13.2 Å². The van der Waals surface area contributed by atoms with Crippen molar-refractivity contribution in [3.8, 4) is 11.5 Å². The van der Waals surface area contributed by atoms with Crippen LogP contribution in [0.5, 0.6) is 11.5 Å². The van der Waals surface area contributed by atoms with Crippen LogP contribution in [0.3, 0.4) is 0 Å². The van der Waals surface area contributed by atoms with E-state index in [9.17, 15) is 4.79 Å². The van der Waals surface area contributed by atoms with Gasteiger partial charge in [-0.05, 0) is 72.6 Å². The Morgan fingerprint density at radius 1 is 0.676 bits per heavy atom. The number of hydrogen-bond donors (Lipinski definition) is 2. The van der Waals surface area contributed by atoms with E-state index in [4.69, 9.17) is 21.7 Å². The van der Waals surface area contributed by atoms with Gasteiger partial charge < -0.3 is 14.8 Å². The second kappa shape index (κ2) is 13.8. The number of ether oxygens (including phenoxy) is 2. The molecule has 6 heteroatoms. The Bertz CT molecular complexity index is 1280. The molecule has 4 aromatic rings. The topological polar surface area (TPSA) is 59.6 Å². The van der Waals surface area contributed by atoms with Gasteiger partial charge in [0.2, 0.25) is 0 Å². The number of benzene rings is 4. The number of anilines is 1. The molecule has 188 valence electrons. The van der Waals surface area contributed by atoms with E-state index in [2.05, 4.69) is 34.9 Å². The van der Waals surface area contributed by atoms with Crippen molar-refractivity contribution in [2.45, 2.75) is 19.3 Å². The molecule has 0 saturated heterocycles. The lowest BCUT2D eigenvalue weighted by molar-refractivity contribution is 0.0977. The summed E-state index contributed by atoms with van der Waals surface area (Å²) < 4.78 is 11.7. The molecule has 0 heterocycles. The fourth-order valence-corrected chi connectivity index (χ4v) is 3.96. The van der Waals surface area contributed by atoms with E-state index < -0.39 is 0 Å². The third-order valence-electron chi connectivity index (χ3n) is 5.66. The molecule has 0 aliphatic carbocycles. The molecule has 2 N–H and O–H groups in total. The van der Waals surface area contributed by atoms with E-state index in [-0.39, 0.29) is 11.0 Å². The van der Waals surface area contributed by atoms with Gasteiger partial charge in [-0.1, -0.05) is 66.7 Å². The molecule has 0 atom stereocenters. The zero-order chi connectivity index (χ0) is 25.7. The van der Waals surface area contributed by atoms with Crippen LogP contribution in [0.15, 0.2) is 109 Å². The maximum atomic E-state index is 12.6. The summed E-state index contributed by atoms with van der Waals surface area (Å²) in [6, 6.07) is 35.1. The van der Waals surface area contributed by atoms with Crippen molar-refractivity contribution in [1.82, 2.24) is 5.32 Å². The van der Waals surface area contributed by atoms with Crippen molar-refractivity contribution in [2.24, 2.45) is 0 Å². The first-order chi connectivity index (χ1) is 18.2. The molecule has 1 amide bonds. The molecule has 0 spiro atoms. The van der Waals surface area contributed by atoms with Crippen LogP contribution >= 0.6 is 12.2 Å². The van der Waals surface area contributed by atoms with Gasteiger partial charge in [0.1, 0.15) is 11.5 Å². The van der Waals surface area contributed by atoms with Crippen LogP contribution in [0.4, 0.5) is 5.69 Å². The molecule has 4 rings (SSSR count). The third kappa shape index (κ3) is 8.78. The first kappa shape index (κ1) is 25.9. The maximum absolute atomic E-state index is 12.6. The lowest BCUT2D eigenvalue weighted by Gasteiger charge is -2.12. The van der Waals surface area contributed by atoms with E-state index in [0.29, 0.717) is 24.5 Å². The predicted molar refractivity (Wildman–Crippen MR) is 152 cm³/mol. The summed E-state index contributed by atoms with van der Waals surface area (Å²) in [5.41, 5.74) is 3.76. The Hall–Kier alpha value is -4.16. The molecular weight excluding hydrogens is 480 g/mol. The average molecular weight is 511 g/mol. The Kier molecular flexibility index (Phi) is 9.67. The molecule has 0 radical (unpaired) electrons. The van der Waals surface area contributed by atoms with E-state index in [1.807, 2.05) is 60.7 Å². The zero-order valence-corrected chi connectivity index (χ0v) is 21.4. The van der Waals surface area contributed by atoms with Gasteiger partial charge in [-0.25, -0.2) is 0 Å². The van der Waals surface area contributed by atoms with Crippen molar-refractivity contribution >= 4 is 28.9 Å². The Morgan fingerprint density at radius 2 is 1.32 bits per heavy atom. The molecule has 5 nitrogen and oxygen atoms in total. The molecule has 0 aliphatic heterocycles. The van der Waals surface area contributed by atoms with E-state index in [1.165, 1.54) is 11.1 Å². The first-order valence-electron chi connectivity index (χ1n) is 12.3. The Labute approximate surface area is 223 Å². The van der Waals surface area contributed by atoms with Crippen molar-refractivity contribution in [3.05, 3.63) is 126 Å². The summed E-state index contributed by atoms with van der Waals surface area (Å²) in [5.74, 6) is 1.17. The minimum Gasteiger partial charge on any atom is -0.494 e. The molecule has 0 aromatic heterocycles. The van der Waals surface area contributed by atoms with Crippen LogP contribution in [0.25, 0.3) is 0 Å². The quantitative estimate of drug-likeness (QED) is 0.179. The standard InChI is InChI=1S/C31H30N2O3S/c34-30(26-16-18-28(19-17-26)36-22-20-25-11-5-2-6-12-25)33-31(37)32-27-14-7-15-29(23-27)35-21-8-13-24-9-3-1-4-10-24/h1-7,9-12,14-19,23H,8,13,20-22H2,(H2,32,33,34,37). The van der Waals surface area contributed by atoms with Crippen LogP contribution in [0.2, 0.25) is 0 Å². The van der Waals surface area contributed by atoms with Crippen LogP contribution in [-0.2, 0) is 12.8 Å². The van der Waals surface area contributed by atoms with Crippen LogP contribution in [0.1, 0.15) is 27.9 Å². The summed E-state index contributed by atoms with van der Waals surface area (Å²) in [4.78, 5) is 12.6. The van der Waals surface area contributed by atoms with E-state index in [1.54, 1.807) is 24.3 Å². The summed E-state index contributed by atoms with van der Waals surface area (Å²) in [5, 5.41) is 5.98. The molecule has 0 saturated carbocycles. The maximum Gasteiger partial charge on any atom is 0.257 e. The van der Waals surface area contributed by atoms with Gasteiger partial charge in [-0.15, -0.1) is 0 Å². The highest BCUT2D eigenvalue weighted by Gasteiger charge is 2.09. The van der Waals surface area contributed by atoms with Gasteiger partial charge in [-0.2, -0.15) is 0 Å². The largest absolute Gasteiger partial charge is 0.494 e. The SMILES string of the molecule is O=C(NC(=S)Nc1cccc(OCCCc2ccccc2)c1)c1ccc(OCCc2ccccc2)cc1. The lowest BCUT2D eigenvalue weighted by Crippen LogP contribution is -2.34. The number of rotatable bonds is 11. The lowest BCUT2D eigenvalue weighted by atomic mass is 10.1. The highest BCUT2D eigenvalue weighted by atomic mass is 32.1. The van der Waals surface area contributed by atoms with Crippen molar-refractivity contribution in [1.29, 1.82) is 0 Å². The summed E-state index contributed by atoms with van der Waals surface area (Å²) >= 11 is 5.34. The second-order valence-corrected chi connectivity index (χ2v) is 8.89. The van der Waals surface area contributed by atoms with Crippen molar-refractivity contribution in [2.75, 3.05) is 18.5 Å². The fourth-order valence-electron chi connectivity index (χ4n) is 3.75. The number of nitrogens with one attached hydrogen (secondary N) is 2. The number of carbonyl (C=O) groups excluding carboxylic acids is 1. The Morgan fingerprint density at radius 3 is 2.03 bits per heavy atom. The molecule has 0 fully saturated rings. The average Bonchev–Trinajstić information content (AvgIpc) is 2.93. The predicted octanol–water partition coefficient (Wildman–Crippen LogP) is 6.45. The van der Waals surface area contributed by atoms with Gasteiger partial charge in [0.15, 0.2) is 5.11 Å². The Balaban J connectivity index is 1.19. The van der Waals surface area contributed by atoms with E-state index in [0.717, 1.165) is 30.7 Å². The molecular formula is C31H30N2O3S. The van der Waals surface area contributed by atoms with Crippen molar-refractivity contribution in [3.63, 3.8) is 0 Å². The highest BCUT2D eigenvalue weighted by Crippen LogP contribution is 2.18. The van der Waals surface area contributed by atoms with Gasteiger partial charge in [0, 0.05) is 23.7 Å².